The molecule has 23 heavy (non-hydrogen) atoms. The van der Waals surface area contributed by atoms with Crippen LogP contribution in [0.2, 0.25) is 0 Å². The minimum absolute atomic E-state index is 0.138. The van der Waals surface area contributed by atoms with Crippen LogP contribution >= 0.6 is 0 Å². The summed E-state index contributed by atoms with van der Waals surface area (Å²) in [7, 11) is -3.53. The van der Waals surface area contributed by atoms with Gasteiger partial charge in [-0.15, -0.1) is 0 Å². The van der Waals surface area contributed by atoms with Gasteiger partial charge in [0.2, 0.25) is 10.0 Å². The van der Waals surface area contributed by atoms with Crippen LogP contribution in [0, 0.1) is 6.92 Å². The van der Waals surface area contributed by atoms with Crippen molar-refractivity contribution in [3.8, 4) is 5.75 Å². The van der Waals surface area contributed by atoms with Crippen molar-refractivity contribution in [3.05, 3.63) is 59.7 Å². The molecule has 0 aliphatic carbocycles. The Morgan fingerprint density at radius 2 is 1.70 bits per heavy atom. The highest BCUT2D eigenvalue weighted by Gasteiger charge is 2.66. The molecule has 0 spiro atoms. The Morgan fingerprint density at radius 3 is 2.39 bits per heavy atom. The largest absolute Gasteiger partial charge is 0.486 e. The Morgan fingerprint density at radius 1 is 1.04 bits per heavy atom. The second-order valence-corrected chi connectivity index (χ2v) is 8.62. The van der Waals surface area contributed by atoms with Crippen molar-refractivity contribution < 1.29 is 13.2 Å². The number of ether oxygens (including phenoxy) is 1. The molecular formula is C18H19NO3S. The Kier molecular flexibility index (Phi) is 2.93. The first-order chi connectivity index (χ1) is 10.8. The van der Waals surface area contributed by atoms with Crippen LogP contribution in [0.5, 0.6) is 5.75 Å². The molecule has 120 valence electrons. The quantitative estimate of drug-likeness (QED) is 0.794. The highest BCUT2D eigenvalue weighted by Crippen LogP contribution is 2.58. The summed E-state index contributed by atoms with van der Waals surface area (Å²) in [5.74, 6) is 0.778. The van der Waals surface area contributed by atoms with Gasteiger partial charge in [-0.2, -0.15) is 4.31 Å². The Bertz CT molecular complexity index is 871. The van der Waals surface area contributed by atoms with Crippen LogP contribution in [0.3, 0.4) is 0 Å². The minimum atomic E-state index is -3.53. The summed E-state index contributed by atoms with van der Waals surface area (Å²) in [6.07, 6.45) is 0. The average Bonchev–Trinajstić information content (AvgIpc) is 3.25. The Balaban J connectivity index is 1.79. The van der Waals surface area contributed by atoms with Gasteiger partial charge in [0.1, 0.15) is 11.4 Å². The second-order valence-electron chi connectivity index (χ2n) is 6.78. The minimum Gasteiger partial charge on any atom is -0.486 e. The molecule has 0 bridgehead atoms. The van der Waals surface area contributed by atoms with Gasteiger partial charge in [-0.1, -0.05) is 35.9 Å². The predicted octanol–water partition coefficient (Wildman–Crippen LogP) is 3.28. The summed E-state index contributed by atoms with van der Waals surface area (Å²) >= 11 is 0. The molecule has 0 radical (unpaired) electrons. The van der Waals surface area contributed by atoms with E-state index >= 15 is 0 Å². The summed E-state index contributed by atoms with van der Waals surface area (Å²) < 4.78 is 33.7. The molecular weight excluding hydrogens is 310 g/mol. The topological polar surface area (TPSA) is 46.4 Å². The maximum atomic E-state index is 13.0. The van der Waals surface area contributed by atoms with Crippen molar-refractivity contribution in [2.45, 2.75) is 43.4 Å². The molecule has 1 fully saturated rings. The van der Waals surface area contributed by atoms with E-state index in [1.807, 2.05) is 57.2 Å². The number of hydrogen-bond donors (Lipinski definition) is 0. The number of benzene rings is 2. The van der Waals surface area contributed by atoms with Crippen LogP contribution in [0.1, 0.15) is 31.0 Å². The van der Waals surface area contributed by atoms with Crippen molar-refractivity contribution in [2.24, 2.45) is 0 Å². The van der Waals surface area contributed by atoms with Gasteiger partial charge >= 0.3 is 0 Å². The van der Waals surface area contributed by atoms with Crippen LogP contribution in [-0.2, 0) is 10.0 Å². The molecule has 2 heterocycles. The van der Waals surface area contributed by atoms with Crippen LogP contribution in [-0.4, -0.2) is 24.4 Å². The van der Waals surface area contributed by atoms with Crippen LogP contribution < -0.4 is 4.74 Å². The SMILES string of the molecule is Cc1ccc(S(=O)(=O)N2[C@@H]3c4ccccc4OC(C)(C)[C@@H]32)cc1. The molecule has 0 saturated carbocycles. The smallest absolute Gasteiger partial charge is 0.244 e. The fraction of sp³-hybridized carbons (Fsp3) is 0.333. The summed E-state index contributed by atoms with van der Waals surface area (Å²) in [5.41, 5.74) is 1.45. The van der Waals surface area contributed by atoms with E-state index in [2.05, 4.69) is 0 Å². The number of rotatable bonds is 2. The third kappa shape index (κ3) is 2.11. The van der Waals surface area contributed by atoms with Gasteiger partial charge in [-0.25, -0.2) is 8.42 Å². The molecule has 1 saturated heterocycles. The summed E-state index contributed by atoms with van der Waals surface area (Å²) in [6, 6.07) is 14.4. The van der Waals surface area contributed by atoms with Crippen LogP contribution in [0.25, 0.3) is 0 Å². The van der Waals surface area contributed by atoms with E-state index in [-0.39, 0.29) is 12.1 Å². The van der Waals surface area contributed by atoms with Gasteiger partial charge in [0.15, 0.2) is 0 Å². The van der Waals surface area contributed by atoms with E-state index in [1.165, 1.54) is 0 Å². The molecule has 4 rings (SSSR count). The fourth-order valence-electron chi connectivity index (χ4n) is 3.50. The lowest BCUT2D eigenvalue weighted by atomic mass is 9.94. The summed E-state index contributed by atoms with van der Waals surface area (Å²) in [4.78, 5) is 0.339. The first kappa shape index (κ1) is 14.7. The molecule has 4 nitrogen and oxygen atoms in total. The van der Waals surface area contributed by atoms with Gasteiger partial charge < -0.3 is 4.74 Å². The van der Waals surface area contributed by atoms with E-state index in [4.69, 9.17) is 4.74 Å². The molecule has 3 atom stereocenters. The monoisotopic (exact) mass is 329 g/mol. The predicted molar refractivity (Wildman–Crippen MR) is 87.9 cm³/mol. The van der Waals surface area contributed by atoms with Crippen molar-refractivity contribution >= 4 is 10.0 Å². The zero-order chi connectivity index (χ0) is 16.4. The van der Waals surface area contributed by atoms with Gasteiger partial charge in [-0.05, 0) is 39.0 Å². The number of nitrogens with zero attached hydrogens (tertiary/aromatic N) is 1. The Hall–Kier alpha value is -1.85. The van der Waals surface area contributed by atoms with Gasteiger partial charge in [0.25, 0.3) is 0 Å². The van der Waals surface area contributed by atoms with Gasteiger partial charge in [0, 0.05) is 5.56 Å². The first-order valence-corrected chi connectivity index (χ1v) is 9.14. The van der Waals surface area contributed by atoms with Crippen LogP contribution in [0.4, 0.5) is 0 Å². The van der Waals surface area contributed by atoms with E-state index < -0.39 is 15.6 Å². The van der Waals surface area contributed by atoms with Crippen molar-refractivity contribution in [2.75, 3.05) is 0 Å². The summed E-state index contributed by atoms with van der Waals surface area (Å²) in [5, 5.41) is 0. The standard InChI is InChI=1S/C18H19NO3S/c1-12-8-10-13(11-9-12)23(20,21)19-16-14-6-4-5-7-15(14)22-18(2,3)17(16)19/h4-11,16-17H,1-3H3/t16-,17-,19?/m1/s1. The molecule has 2 aromatic rings. The number of para-hydroxylation sites is 1. The number of hydrogen-bond acceptors (Lipinski definition) is 3. The van der Waals surface area contributed by atoms with Crippen molar-refractivity contribution in [1.29, 1.82) is 0 Å². The molecule has 2 aromatic carbocycles. The maximum absolute atomic E-state index is 13.0. The van der Waals surface area contributed by atoms with Crippen LogP contribution in [0.15, 0.2) is 53.4 Å². The molecule has 0 amide bonds. The fourth-order valence-corrected chi connectivity index (χ4v) is 5.36. The number of aryl methyl sites for hydroxylation is 1. The van der Waals surface area contributed by atoms with Crippen molar-refractivity contribution in [1.82, 2.24) is 4.31 Å². The Labute approximate surface area is 136 Å². The molecule has 1 unspecified atom stereocenters. The molecule has 2 aliphatic heterocycles. The van der Waals surface area contributed by atoms with E-state index in [1.54, 1.807) is 16.4 Å². The number of sulfonamides is 1. The highest BCUT2D eigenvalue weighted by molar-refractivity contribution is 7.89. The third-order valence-electron chi connectivity index (χ3n) is 4.68. The molecule has 0 N–H and O–H groups in total. The van der Waals surface area contributed by atoms with Crippen molar-refractivity contribution in [3.63, 3.8) is 0 Å². The zero-order valence-electron chi connectivity index (χ0n) is 13.4. The van der Waals surface area contributed by atoms with Gasteiger partial charge in [0.05, 0.1) is 17.0 Å². The lowest BCUT2D eigenvalue weighted by Gasteiger charge is -2.30. The zero-order valence-corrected chi connectivity index (χ0v) is 14.2. The van der Waals surface area contributed by atoms with E-state index in [0.29, 0.717) is 4.90 Å². The van der Waals surface area contributed by atoms with Gasteiger partial charge in [-0.3, -0.25) is 0 Å². The van der Waals surface area contributed by atoms with E-state index in [9.17, 15) is 8.42 Å². The average molecular weight is 329 g/mol. The summed E-state index contributed by atoms with van der Waals surface area (Å²) in [6.45, 7) is 5.84. The normalized spacial score (nSPS) is 27.5. The molecule has 5 heteroatoms. The lowest BCUT2D eigenvalue weighted by Crippen LogP contribution is -2.39. The maximum Gasteiger partial charge on any atom is 0.244 e. The molecule has 0 aromatic heterocycles. The first-order valence-electron chi connectivity index (χ1n) is 7.70. The number of fused-ring (bicyclic) bond motifs is 3. The highest BCUT2D eigenvalue weighted by atomic mass is 32.2. The molecule has 2 aliphatic rings. The third-order valence-corrected chi connectivity index (χ3v) is 6.55. The van der Waals surface area contributed by atoms with E-state index in [0.717, 1.165) is 16.9 Å². The lowest BCUT2D eigenvalue weighted by molar-refractivity contribution is 0.0903. The second kappa shape index (κ2) is 4.58.